The number of hydrogen-bond donors (Lipinski definition) is 0. The van der Waals surface area contributed by atoms with Gasteiger partial charge in [-0.2, -0.15) is 23.5 Å². The van der Waals surface area contributed by atoms with Gasteiger partial charge in [0.1, 0.15) is 0 Å². The van der Waals surface area contributed by atoms with Crippen LogP contribution in [0.25, 0.3) is 0 Å². The molecule has 0 aliphatic carbocycles. The van der Waals surface area contributed by atoms with Gasteiger partial charge in [0, 0.05) is 0 Å². The van der Waals surface area contributed by atoms with E-state index in [9.17, 15) is 0 Å². The zero-order valence-corrected chi connectivity index (χ0v) is 14.9. The van der Waals surface area contributed by atoms with Crippen LogP contribution in [-0.2, 0) is 57.0 Å². The monoisotopic (exact) mass is 465 g/mol. The summed E-state index contributed by atoms with van der Waals surface area (Å²) in [6.45, 7) is 0. The fraction of sp³-hybridized carbons (Fsp3) is 0. The molecule has 18 heteroatoms. The standard InChI is InChI=1S/Al.Cu.3H3O4P.Zr/c;;3*1-5(2,3)4;/h;;3*(H3,1,2,3,4);/q+3;+2;;;;+4/p-9. The fourth-order valence-electron chi connectivity index (χ4n) is 0. The summed E-state index contributed by atoms with van der Waals surface area (Å²) in [7, 11) is -16.2. The second-order valence-electron chi connectivity index (χ2n) is 1.34. The molecule has 0 heterocycles. The van der Waals surface area contributed by atoms with Crippen molar-refractivity contribution in [3.63, 3.8) is 0 Å². The van der Waals surface area contributed by atoms with Crippen molar-refractivity contribution >= 4 is 40.8 Å². The van der Waals surface area contributed by atoms with Crippen molar-refractivity contribution in [1.82, 2.24) is 0 Å². The van der Waals surface area contributed by atoms with E-state index in [1.54, 1.807) is 0 Å². The van der Waals surface area contributed by atoms with Gasteiger partial charge in [-0.15, -0.1) is 0 Å². The van der Waals surface area contributed by atoms with Crippen LogP contribution < -0.4 is 44.0 Å². The molecule has 18 heavy (non-hydrogen) atoms. The molecule has 0 rings (SSSR count). The molecule has 0 aromatic rings. The van der Waals surface area contributed by atoms with Crippen molar-refractivity contribution in [1.29, 1.82) is 0 Å². The van der Waals surface area contributed by atoms with Crippen LogP contribution in [-0.4, -0.2) is 17.4 Å². The SMILES string of the molecule is O=P([O-])([O-])[O-].O=P([O-])([O-])[O-].O=P([O-])([O-])[O-].[Al+3].[Cu+2].[Zr+4]. The summed E-state index contributed by atoms with van der Waals surface area (Å²) in [6, 6.07) is 0. The van der Waals surface area contributed by atoms with Gasteiger partial charge in [0.2, 0.25) is 0 Å². The molecule has 0 bridgehead atoms. The van der Waals surface area contributed by atoms with Gasteiger partial charge in [0.05, 0.1) is 0 Å². The van der Waals surface area contributed by atoms with E-state index in [1.165, 1.54) is 0 Å². The van der Waals surface area contributed by atoms with Gasteiger partial charge >= 0.3 is 60.6 Å². The van der Waals surface area contributed by atoms with E-state index in [0.717, 1.165) is 0 Å². The van der Waals surface area contributed by atoms with Crippen LogP contribution >= 0.6 is 23.5 Å². The van der Waals surface area contributed by atoms with Crippen molar-refractivity contribution < 1.29 is 101 Å². The van der Waals surface area contributed by atoms with E-state index in [0.29, 0.717) is 0 Å². The molecule has 0 unspecified atom stereocenters. The summed E-state index contributed by atoms with van der Waals surface area (Å²) in [5.41, 5.74) is 0. The molecule has 12 nitrogen and oxygen atoms in total. The van der Waals surface area contributed by atoms with Gasteiger partial charge < -0.3 is 57.7 Å². The van der Waals surface area contributed by atoms with Crippen molar-refractivity contribution in [2.75, 3.05) is 0 Å². The van der Waals surface area contributed by atoms with E-state index < -0.39 is 23.5 Å². The average Bonchev–Trinajstić information content (AvgIpc) is 1.41. The molecule has 0 saturated carbocycles. The van der Waals surface area contributed by atoms with Crippen LogP contribution in [0, 0.1) is 0 Å². The molecule has 0 aromatic carbocycles. The van der Waals surface area contributed by atoms with Gasteiger partial charge in [0.15, 0.2) is 0 Å². The van der Waals surface area contributed by atoms with Crippen LogP contribution in [0.1, 0.15) is 0 Å². The summed E-state index contributed by atoms with van der Waals surface area (Å²) < 4.78 is 25.6. The predicted octanol–water partition coefficient (Wildman–Crippen LogP) is -8.86. The van der Waals surface area contributed by atoms with Crippen molar-refractivity contribution in [2.45, 2.75) is 0 Å². The largest absolute Gasteiger partial charge is 4.00 e. The Kier molecular flexibility index (Phi) is 32.1. The first kappa shape index (κ1) is 37.0. The minimum Gasteiger partial charge on any atom is -0.822 e. The average molecular weight is 467 g/mol. The summed E-state index contributed by atoms with van der Waals surface area (Å²) in [4.78, 5) is 76.9. The number of phosphoric acid groups is 3. The number of rotatable bonds is 0. The van der Waals surface area contributed by atoms with Crippen LogP contribution in [0.15, 0.2) is 0 Å². The first-order chi connectivity index (χ1) is 6.00. The normalized spacial score (nSPS) is 9.83. The molecule has 105 valence electrons. The fourth-order valence-corrected chi connectivity index (χ4v) is 0. The molecule has 0 N–H and O–H groups in total. The quantitative estimate of drug-likeness (QED) is 0.238. The van der Waals surface area contributed by atoms with Gasteiger partial charge in [-0.3, -0.25) is 0 Å². The molecule has 0 aromatic heterocycles. The maximum Gasteiger partial charge on any atom is 4.00 e. The molecule has 0 fully saturated rings. The Morgan fingerprint density at radius 3 is 0.500 bits per heavy atom. The Morgan fingerprint density at radius 2 is 0.500 bits per heavy atom. The van der Waals surface area contributed by atoms with E-state index >= 15 is 0 Å². The Bertz CT molecular complexity index is 213. The molecule has 0 amide bonds. The van der Waals surface area contributed by atoms with Crippen LogP contribution in [0.5, 0.6) is 0 Å². The summed E-state index contributed by atoms with van der Waals surface area (Å²) in [5.74, 6) is 0. The Balaban J connectivity index is -0.0000000277. The van der Waals surface area contributed by atoms with Crippen LogP contribution in [0.4, 0.5) is 0 Å². The molecule has 0 aliphatic rings. The number of hydrogen-bond acceptors (Lipinski definition) is 12. The van der Waals surface area contributed by atoms with Crippen molar-refractivity contribution in [3.8, 4) is 0 Å². The second kappa shape index (κ2) is 15.7. The van der Waals surface area contributed by atoms with E-state index in [4.69, 9.17) is 57.7 Å². The maximum absolute atomic E-state index is 8.55. The first-order valence-electron chi connectivity index (χ1n) is 2.19. The van der Waals surface area contributed by atoms with Gasteiger partial charge in [0.25, 0.3) is 0 Å². The smallest absolute Gasteiger partial charge is 0.822 e. The van der Waals surface area contributed by atoms with Crippen molar-refractivity contribution in [3.05, 3.63) is 0 Å². The predicted molar refractivity (Wildman–Crippen MR) is 28.6 cm³/mol. The molecule has 0 aliphatic heterocycles. The first-order valence-corrected chi connectivity index (χ1v) is 6.57. The zero-order chi connectivity index (χ0) is 13.5. The third-order valence-electron chi connectivity index (χ3n) is 0. The maximum atomic E-state index is 8.55. The third-order valence-corrected chi connectivity index (χ3v) is 0. The second-order valence-corrected chi connectivity index (χ2v) is 4.02. The zero-order valence-electron chi connectivity index (χ0n) is 7.62. The topological polar surface area (TPSA) is 259 Å². The van der Waals surface area contributed by atoms with Gasteiger partial charge in [-0.05, 0) is 0 Å². The van der Waals surface area contributed by atoms with Crippen molar-refractivity contribution in [2.24, 2.45) is 0 Å². The minimum atomic E-state index is -5.39. The van der Waals surface area contributed by atoms with Gasteiger partial charge in [-0.1, -0.05) is 0 Å². The molecular weight excluding hydrogens is 467 g/mol. The van der Waals surface area contributed by atoms with Crippen LogP contribution in [0.2, 0.25) is 0 Å². The summed E-state index contributed by atoms with van der Waals surface area (Å²) >= 11 is 0. The molecule has 1 radical (unpaired) electrons. The summed E-state index contributed by atoms with van der Waals surface area (Å²) in [5, 5.41) is 0. The molecule has 0 atom stereocenters. The van der Waals surface area contributed by atoms with Gasteiger partial charge in [-0.25, -0.2) is 0 Å². The van der Waals surface area contributed by atoms with Crippen LogP contribution in [0.3, 0.4) is 0 Å². The Hall–Kier alpha value is 2.27. The Morgan fingerprint density at radius 1 is 0.500 bits per heavy atom. The van der Waals surface area contributed by atoms with E-state index in [-0.39, 0.29) is 60.6 Å². The Labute approximate surface area is 141 Å². The molecule has 0 spiro atoms. The van der Waals surface area contributed by atoms with E-state index in [1.807, 2.05) is 0 Å². The minimum absolute atomic E-state index is 0. The third kappa shape index (κ3) is 1060. The molecular formula is AlCuO12P3Zr. The van der Waals surface area contributed by atoms with E-state index in [2.05, 4.69) is 0 Å². The summed E-state index contributed by atoms with van der Waals surface area (Å²) in [6.07, 6.45) is 0. The molecule has 0 saturated heterocycles.